The van der Waals surface area contributed by atoms with Crippen LogP contribution in [0.5, 0.6) is 0 Å². The van der Waals surface area contributed by atoms with Crippen LogP contribution in [0.1, 0.15) is 167 Å². The van der Waals surface area contributed by atoms with Gasteiger partial charge in [-0.25, -0.2) is 0 Å². The van der Waals surface area contributed by atoms with Crippen molar-refractivity contribution in [1.82, 2.24) is 31.9 Å². The third-order valence-corrected chi connectivity index (χ3v) is 17.2. The maximum Gasteiger partial charge on any atom is 0.303 e. The predicted octanol–water partition coefficient (Wildman–Crippen LogP) is 0.911. The van der Waals surface area contributed by atoms with E-state index < -0.39 is 175 Å². The van der Waals surface area contributed by atoms with Crippen LogP contribution in [0.2, 0.25) is 0 Å². The van der Waals surface area contributed by atoms with E-state index >= 15 is 0 Å². The summed E-state index contributed by atoms with van der Waals surface area (Å²) in [6.07, 6.45) is -5.70. The molecule has 3 heterocycles. The highest BCUT2D eigenvalue weighted by Gasteiger charge is 2.50. The second-order valence-corrected chi connectivity index (χ2v) is 27.2. The van der Waals surface area contributed by atoms with Gasteiger partial charge in [-0.2, -0.15) is 0 Å². The molecule has 0 aromatic heterocycles. The summed E-state index contributed by atoms with van der Waals surface area (Å²) in [6.45, 7) is 16.7. The van der Waals surface area contributed by atoms with Gasteiger partial charge in [0.15, 0.2) is 24.7 Å². The van der Waals surface area contributed by atoms with Crippen molar-refractivity contribution >= 4 is 88.6 Å². The molecule has 6 amide bonds. The largest absolute Gasteiger partial charge is 0.463 e. The number of hydrogen-bond acceptors (Lipinski definition) is 30. The zero-order chi connectivity index (χ0) is 79.8. The van der Waals surface area contributed by atoms with Crippen molar-refractivity contribution in [3.63, 3.8) is 0 Å². The summed E-state index contributed by atoms with van der Waals surface area (Å²) >= 11 is 0. The van der Waals surface area contributed by atoms with E-state index in [1.807, 2.05) is 6.92 Å². The van der Waals surface area contributed by atoms with Crippen LogP contribution in [-0.4, -0.2) is 261 Å². The Bertz CT molecular complexity index is 2610. The number of hydrogen-bond donors (Lipinski definition) is 6. The molecule has 16 unspecified atom stereocenters. The quantitative estimate of drug-likeness (QED) is 0.0280. The maximum atomic E-state index is 13.0. The van der Waals surface area contributed by atoms with Gasteiger partial charge in [0.05, 0.1) is 57.8 Å². The average molecular weight is 1530 g/mol. The molecule has 0 aromatic rings. The van der Waals surface area contributed by atoms with Crippen LogP contribution in [0.3, 0.4) is 0 Å². The monoisotopic (exact) mass is 1530 g/mol. The molecule has 107 heavy (non-hydrogen) atoms. The van der Waals surface area contributed by atoms with Gasteiger partial charge < -0.3 is 103 Å². The van der Waals surface area contributed by atoms with Crippen LogP contribution in [-0.2, 0) is 143 Å². The van der Waals surface area contributed by atoms with Crippen molar-refractivity contribution in [1.29, 1.82) is 0 Å². The van der Waals surface area contributed by atoms with Crippen molar-refractivity contribution in [2.24, 2.45) is 23.2 Å². The third-order valence-electron chi connectivity index (χ3n) is 17.2. The molecule has 3 rings (SSSR count). The van der Waals surface area contributed by atoms with Crippen molar-refractivity contribution in [2.75, 3.05) is 98.9 Å². The number of Topliss-reactive ketones (excluding diaryl/α,β-unsaturated/α-hetero) is 3. The van der Waals surface area contributed by atoms with Crippen LogP contribution in [0, 0.1) is 23.2 Å². The predicted molar refractivity (Wildman–Crippen MR) is 371 cm³/mol. The van der Waals surface area contributed by atoms with Crippen molar-refractivity contribution in [3.05, 3.63) is 0 Å². The fourth-order valence-corrected chi connectivity index (χ4v) is 11.9. The highest BCUT2D eigenvalue weighted by atomic mass is 16.7. The first-order valence-corrected chi connectivity index (χ1v) is 36.2. The maximum absolute atomic E-state index is 13.0. The van der Waals surface area contributed by atoms with Crippen LogP contribution in [0.4, 0.5) is 0 Å². The lowest BCUT2D eigenvalue weighted by Crippen LogP contribution is -2.62. The number of unbranched alkanes of at least 4 members (excludes halogenated alkanes) is 3. The lowest BCUT2D eigenvalue weighted by Gasteiger charge is -2.44. The molecule has 3 aliphatic rings. The summed E-state index contributed by atoms with van der Waals surface area (Å²) in [6, 6.07) is -2.51. The van der Waals surface area contributed by atoms with Gasteiger partial charge in [0.1, 0.15) is 87.8 Å². The Kier molecular flexibility index (Phi) is 43.8. The normalized spacial score (nSPS) is 24.5. The standard InChI is InChI=1S/C71H114N6O30/c1-41-62(75-44(4)78)68(105-56(33-96-47(7)81)65(41)102-50(10)84)99-32-55(89)22-16-14-15-20-53(87)23-29-93-38-71(13,39-94-30-24-54(88)21-17-18-26-73-60(91)36-100-69-63(76-45(5)79)42(2)66(103-51(11)85)57(106-69)34-97-48(8)82)40-95-31-25-59(90)72-27-19-28-74-61(92)37-101-70-64(77-46(6)80)43(3)67(104-52(12)86)58(107-70)35-98-49(9)83/h41-43,56-58,62-70H,14-40H2,1-13H3,(H,72,90)(H,73,91)(H,74,92)(H,75,78)(H,76,79)(H,77,80). The molecule has 3 fully saturated rings. The molecule has 0 saturated carbocycles. The Morgan fingerprint density at radius 3 is 0.991 bits per heavy atom. The van der Waals surface area contributed by atoms with E-state index in [1.54, 1.807) is 20.8 Å². The Balaban J connectivity index is 1.49. The molecule has 608 valence electrons. The minimum atomic E-state index is -1.19. The first kappa shape index (κ1) is 93.5. The van der Waals surface area contributed by atoms with Crippen molar-refractivity contribution in [2.45, 2.75) is 241 Å². The molecular weight excluding hydrogens is 1420 g/mol. The van der Waals surface area contributed by atoms with Crippen LogP contribution >= 0.6 is 0 Å². The minimum absolute atomic E-state index is 0.00148. The highest BCUT2D eigenvalue weighted by molar-refractivity contribution is 5.81. The van der Waals surface area contributed by atoms with Gasteiger partial charge in [0.25, 0.3) is 0 Å². The zero-order valence-electron chi connectivity index (χ0n) is 64.0. The molecule has 0 radical (unpaired) electrons. The number of amides is 6. The van der Waals surface area contributed by atoms with Gasteiger partial charge in [-0.05, 0) is 32.1 Å². The molecule has 3 saturated heterocycles. The number of esters is 6. The van der Waals surface area contributed by atoms with Gasteiger partial charge >= 0.3 is 35.8 Å². The summed E-state index contributed by atoms with van der Waals surface area (Å²) in [5, 5.41) is 16.4. The van der Waals surface area contributed by atoms with Crippen LogP contribution in [0.25, 0.3) is 0 Å². The smallest absolute Gasteiger partial charge is 0.303 e. The van der Waals surface area contributed by atoms with Gasteiger partial charge in [0, 0.05) is 144 Å². The van der Waals surface area contributed by atoms with E-state index in [-0.39, 0.29) is 147 Å². The molecular formula is C71H114N6O30. The van der Waals surface area contributed by atoms with Crippen LogP contribution in [0.15, 0.2) is 0 Å². The number of rotatable bonds is 51. The fourth-order valence-electron chi connectivity index (χ4n) is 11.9. The average Bonchev–Trinajstić information content (AvgIpc) is 0.809. The van der Waals surface area contributed by atoms with Gasteiger partial charge in [0.2, 0.25) is 35.4 Å². The Morgan fingerprint density at radius 1 is 0.346 bits per heavy atom. The van der Waals surface area contributed by atoms with E-state index in [0.29, 0.717) is 38.5 Å². The highest BCUT2D eigenvalue weighted by Crippen LogP contribution is 2.33. The second-order valence-electron chi connectivity index (χ2n) is 27.2. The summed E-state index contributed by atoms with van der Waals surface area (Å²) in [7, 11) is 0. The molecule has 0 spiro atoms. The van der Waals surface area contributed by atoms with E-state index in [0.717, 1.165) is 0 Å². The second kappa shape index (κ2) is 50.1. The lowest BCUT2D eigenvalue weighted by atomic mass is 9.88. The Morgan fingerprint density at radius 2 is 0.654 bits per heavy atom. The van der Waals surface area contributed by atoms with Gasteiger partial charge in [-0.1, -0.05) is 34.1 Å². The number of ether oxygens (including phenoxy) is 15. The molecule has 0 bridgehead atoms. The van der Waals surface area contributed by atoms with E-state index in [9.17, 15) is 71.9 Å². The summed E-state index contributed by atoms with van der Waals surface area (Å²) < 4.78 is 85.1. The number of nitrogens with one attached hydrogen (secondary N) is 6. The Hall–Kier alpha value is -7.71. The minimum Gasteiger partial charge on any atom is -0.463 e. The van der Waals surface area contributed by atoms with Crippen LogP contribution < -0.4 is 31.9 Å². The molecule has 36 heteroatoms. The molecule has 6 N–H and O–H groups in total. The zero-order valence-corrected chi connectivity index (χ0v) is 64.0. The fraction of sp³-hybridized carbons (Fsp3) is 0.789. The molecule has 0 aliphatic carbocycles. The SMILES string of the molecule is CC(=O)NC1C(OCC(=O)CCCCCC(=O)CCOCC(C)(COCCC(=O)CCCCNC(=O)COC2OC(COC(C)=O)C(OC(C)=O)C(C)C2NC(C)=O)COCCC(=O)NCCCNC(=O)COC2OC(COC(C)=O)C(OC(C)=O)C(C)C2NC(C)=O)OC(COC(C)=O)C(OC(C)=O)C1C. The van der Waals surface area contributed by atoms with E-state index in [2.05, 4.69) is 31.9 Å². The van der Waals surface area contributed by atoms with E-state index in [4.69, 9.17) is 71.1 Å². The first-order valence-electron chi connectivity index (χ1n) is 36.2. The van der Waals surface area contributed by atoms with Crippen molar-refractivity contribution < 1.29 is 143 Å². The number of ketones is 3. The third kappa shape index (κ3) is 38.3. The summed E-state index contributed by atoms with van der Waals surface area (Å²) in [4.78, 5) is 185. The molecule has 36 nitrogen and oxygen atoms in total. The molecule has 3 aliphatic heterocycles. The summed E-state index contributed by atoms with van der Waals surface area (Å²) in [5.74, 6) is -8.45. The van der Waals surface area contributed by atoms with Gasteiger partial charge in [-0.15, -0.1) is 0 Å². The topological polar surface area (TPSA) is 467 Å². The lowest BCUT2D eigenvalue weighted by molar-refractivity contribution is -0.261. The molecule has 16 atom stereocenters. The van der Waals surface area contributed by atoms with Crippen molar-refractivity contribution in [3.8, 4) is 0 Å². The first-order chi connectivity index (χ1) is 50.6. The number of carbonyl (C=O) groups excluding carboxylic acids is 15. The molecule has 0 aromatic carbocycles. The number of carbonyl (C=O) groups is 15. The van der Waals surface area contributed by atoms with E-state index in [1.165, 1.54) is 62.3 Å². The summed E-state index contributed by atoms with van der Waals surface area (Å²) in [5.41, 5.74) is -0.818. The Labute approximate surface area is 624 Å². The van der Waals surface area contributed by atoms with Gasteiger partial charge in [-0.3, -0.25) is 71.9 Å².